The Morgan fingerprint density at radius 2 is 1.58 bits per heavy atom. The van der Waals surface area contributed by atoms with E-state index in [1.165, 1.54) is 5.56 Å². The number of hydrogen-bond acceptors (Lipinski definition) is 2. The van der Waals surface area contributed by atoms with Gasteiger partial charge in [-0.1, -0.05) is 32.9 Å². The first kappa shape index (κ1) is 17.9. The highest BCUT2D eigenvalue weighted by Crippen LogP contribution is 2.22. The van der Waals surface area contributed by atoms with Gasteiger partial charge in [-0.3, -0.25) is 4.79 Å². The molecule has 0 saturated heterocycles. The number of carbonyl (C=O) groups is 1. The van der Waals surface area contributed by atoms with Crippen molar-refractivity contribution < 1.29 is 4.79 Å². The summed E-state index contributed by atoms with van der Waals surface area (Å²) < 4.78 is 0. The van der Waals surface area contributed by atoms with Gasteiger partial charge in [0.2, 0.25) is 0 Å². The Labute approximate surface area is 122 Å². The van der Waals surface area contributed by atoms with E-state index in [1.807, 2.05) is 38.1 Å². The molecule has 108 valence electrons. The van der Waals surface area contributed by atoms with Crippen molar-refractivity contribution >= 4 is 18.3 Å². The maximum atomic E-state index is 12.0. The first-order valence-corrected chi connectivity index (χ1v) is 6.29. The lowest BCUT2D eigenvalue weighted by Crippen LogP contribution is -2.48. The van der Waals surface area contributed by atoms with Crippen LogP contribution in [0.1, 0.15) is 50.5 Å². The van der Waals surface area contributed by atoms with Gasteiger partial charge in [-0.2, -0.15) is 0 Å². The van der Waals surface area contributed by atoms with Crippen LogP contribution in [0.3, 0.4) is 0 Å². The third-order valence-corrected chi connectivity index (χ3v) is 2.98. The van der Waals surface area contributed by atoms with E-state index in [-0.39, 0.29) is 29.3 Å². The predicted molar refractivity (Wildman–Crippen MR) is 83.0 cm³/mol. The summed E-state index contributed by atoms with van der Waals surface area (Å²) in [4.78, 5) is 12.0. The Kier molecular flexibility index (Phi) is 6.04. The van der Waals surface area contributed by atoms with Gasteiger partial charge in [0.05, 0.1) is 0 Å². The summed E-state index contributed by atoms with van der Waals surface area (Å²) in [6, 6.07) is 7.74. The van der Waals surface area contributed by atoms with Gasteiger partial charge in [0.25, 0.3) is 5.91 Å². The monoisotopic (exact) mass is 284 g/mol. The molecule has 1 aromatic carbocycles. The number of hydrogen-bond donors (Lipinski definition) is 2. The van der Waals surface area contributed by atoms with Crippen LogP contribution in [-0.2, 0) is 5.41 Å². The normalized spacial score (nSPS) is 11.7. The van der Waals surface area contributed by atoms with E-state index in [2.05, 4.69) is 26.1 Å². The molecule has 0 radical (unpaired) electrons. The van der Waals surface area contributed by atoms with Crippen molar-refractivity contribution in [2.45, 2.75) is 45.6 Å². The fourth-order valence-corrected chi connectivity index (χ4v) is 1.55. The first-order valence-electron chi connectivity index (χ1n) is 6.29. The third kappa shape index (κ3) is 5.21. The Morgan fingerprint density at radius 1 is 1.11 bits per heavy atom. The SMILES string of the molecule is CC(C)(CN)NC(=O)c1ccc(C(C)(C)C)cc1.Cl. The van der Waals surface area contributed by atoms with Crippen LogP contribution in [0.5, 0.6) is 0 Å². The number of halogens is 1. The molecule has 0 heterocycles. The highest BCUT2D eigenvalue weighted by Gasteiger charge is 2.20. The standard InChI is InChI=1S/C15H24N2O.ClH/c1-14(2,3)12-8-6-11(7-9-12)13(18)17-15(4,5)10-16;/h6-9H,10,16H2,1-5H3,(H,17,18);1H. The van der Waals surface area contributed by atoms with Gasteiger partial charge in [0.15, 0.2) is 0 Å². The van der Waals surface area contributed by atoms with Crippen molar-refractivity contribution in [2.24, 2.45) is 5.73 Å². The molecule has 1 amide bonds. The molecule has 0 bridgehead atoms. The first-order chi connectivity index (χ1) is 8.15. The van der Waals surface area contributed by atoms with Gasteiger partial charge in [-0.05, 0) is 37.0 Å². The molecule has 3 nitrogen and oxygen atoms in total. The Bertz CT molecular complexity index is 419. The molecular weight excluding hydrogens is 260 g/mol. The fourth-order valence-electron chi connectivity index (χ4n) is 1.55. The quantitative estimate of drug-likeness (QED) is 0.897. The molecule has 19 heavy (non-hydrogen) atoms. The van der Waals surface area contributed by atoms with Gasteiger partial charge in [0.1, 0.15) is 0 Å². The largest absolute Gasteiger partial charge is 0.346 e. The second-order valence-corrected chi connectivity index (χ2v) is 6.37. The smallest absolute Gasteiger partial charge is 0.251 e. The van der Waals surface area contributed by atoms with Gasteiger partial charge in [0, 0.05) is 17.6 Å². The average molecular weight is 285 g/mol. The lowest BCUT2D eigenvalue weighted by Gasteiger charge is -2.24. The summed E-state index contributed by atoms with van der Waals surface area (Å²) >= 11 is 0. The Balaban J connectivity index is 0.00000324. The van der Waals surface area contributed by atoms with Crippen molar-refractivity contribution in [2.75, 3.05) is 6.54 Å². The molecule has 0 spiro atoms. The van der Waals surface area contributed by atoms with Crippen LogP contribution >= 0.6 is 12.4 Å². The van der Waals surface area contributed by atoms with Crippen molar-refractivity contribution in [1.82, 2.24) is 5.32 Å². The lowest BCUT2D eigenvalue weighted by atomic mass is 9.86. The number of nitrogens with two attached hydrogens (primary N) is 1. The lowest BCUT2D eigenvalue weighted by molar-refractivity contribution is 0.0915. The predicted octanol–water partition coefficient (Wildman–Crippen LogP) is 2.87. The van der Waals surface area contributed by atoms with E-state index in [4.69, 9.17) is 5.73 Å². The minimum absolute atomic E-state index is 0. The molecule has 0 aliphatic heterocycles. The third-order valence-electron chi connectivity index (χ3n) is 2.98. The van der Waals surface area contributed by atoms with Crippen molar-refractivity contribution in [3.05, 3.63) is 35.4 Å². The molecule has 0 unspecified atom stereocenters. The Morgan fingerprint density at radius 3 is 1.95 bits per heavy atom. The van der Waals surface area contributed by atoms with Gasteiger partial charge < -0.3 is 11.1 Å². The number of amides is 1. The number of benzene rings is 1. The maximum Gasteiger partial charge on any atom is 0.251 e. The molecular formula is C15H25ClN2O. The molecule has 0 saturated carbocycles. The molecule has 1 rings (SSSR count). The minimum Gasteiger partial charge on any atom is -0.346 e. The van der Waals surface area contributed by atoms with E-state index >= 15 is 0 Å². The van der Waals surface area contributed by atoms with Gasteiger partial charge >= 0.3 is 0 Å². The molecule has 4 heteroatoms. The fraction of sp³-hybridized carbons (Fsp3) is 0.533. The van der Waals surface area contributed by atoms with E-state index in [0.29, 0.717) is 12.1 Å². The molecule has 0 aliphatic carbocycles. The molecule has 0 aromatic heterocycles. The molecule has 0 atom stereocenters. The summed E-state index contributed by atoms with van der Waals surface area (Å²) in [7, 11) is 0. The maximum absolute atomic E-state index is 12.0. The molecule has 1 aromatic rings. The summed E-state index contributed by atoms with van der Waals surface area (Å²) in [6.07, 6.45) is 0. The van der Waals surface area contributed by atoms with Crippen LogP contribution in [0, 0.1) is 0 Å². The van der Waals surface area contributed by atoms with E-state index in [9.17, 15) is 4.79 Å². The van der Waals surface area contributed by atoms with E-state index < -0.39 is 0 Å². The minimum atomic E-state index is -0.375. The average Bonchev–Trinajstić information content (AvgIpc) is 2.27. The van der Waals surface area contributed by atoms with Crippen LogP contribution < -0.4 is 11.1 Å². The summed E-state index contributed by atoms with van der Waals surface area (Å²) in [5, 5.41) is 2.92. The molecule has 0 aliphatic rings. The topological polar surface area (TPSA) is 55.1 Å². The Hall–Kier alpha value is -1.06. The highest BCUT2D eigenvalue weighted by atomic mass is 35.5. The number of carbonyl (C=O) groups excluding carboxylic acids is 1. The second-order valence-electron chi connectivity index (χ2n) is 6.37. The zero-order chi connectivity index (χ0) is 14.0. The van der Waals surface area contributed by atoms with E-state index in [0.717, 1.165) is 0 Å². The summed E-state index contributed by atoms with van der Waals surface area (Å²) in [6.45, 7) is 10.7. The molecule has 3 N–H and O–H groups in total. The summed E-state index contributed by atoms with van der Waals surface area (Å²) in [5.41, 5.74) is 7.22. The highest BCUT2D eigenvalue weighted by molar-refractivity contribution is 5.94. The van der Waals surface area contributed by atoms with Crippen molar-refractivity contribution in [1.29, 1.82) is 0 Å². The van der Waals surface area contributed by atoms with Crippen LogP contribution in [0.4, 0.5) is 0 Å². The van der Waals surface area contributed by atoms with Crippen LogP contribution in [0.25, 0.3) is 0 Å². The van der Waals surface area contributed by atoms with Gasteiger partial charge in [-0.25, -0.2) is 0 Å². The zero-order valence-electron chi connectivity index (χ0n) is 12.4. The van der Waals surface area contributed by atoms with Crippen molar-refractivity contribution in [3.8, 4) is 0 Å². The van der Waals surface area contributed by atoms with Crippen molar-refractivity contribution in [3.63, 3.8) is 0 Å². The van der Waals surface area contributed by atoms with Crippen LogP contribution in [0.2, 0.25) is 0 Å². The number of nitrogens with one attached hydrogen (secondary N) is 1. The number of rotatable bonds is 3. The zero-order valence-corrected chi connectivity index (χ0v) is 13.2. The van der Waals surface area contributed by atoms with Gasteiger partial charge in [-0.15, -0.1) is 12.4 Å². The summed E-state index contributed by atoms with van der Waals surface area (Å²) in [5.74, 6) is -0.0779. The van der Waals surface area contributed by atoms with Crippen LogP contribution in [-0.4, -0.2) is 18.0 Å². The second kappa shape index (κ2) is 6.40. The molecule has 0 fully saturated rings. The van der Waals surface area contributed by atoms with E-state index in [1.54, 1.807) is 0 Å². The van der Waals surface area contributed by atoms with Crippen LogP contribution in [0.15, 0.2) is 24.3 Å².